The number of hydrogen-bond donors (Lipinski definition) is 1. The molecule has 0 amide bonds. The zero-order valence-corrected chi connectivity index (χ0v) is 17.6. The van der Waals surface area contributed by atoms with E-state index in [-0.39, 0.29) is 11.7 Å². The molecule has 3 rings (SSSR count). The SMILES string of the molecule is CCCOc1nc(C)c2[nH]c(=O)n(CCN3CCC(CCC(=O)OC)CC3)c2n1. The summed E-state index contributed by atoms with van der Waals surface area (Å²) in [6.45, 7) is 7.71. The number of carbonyl (C=O) groups is 1. The fraction of sp³-hybridized carbons (Fsp3) is 0.700. The van der Waals surface area contributed by atoms with Gasteiger partial charge in [0.05, 0.1) is 19.4 Å². The number of esters is 1. The third-order valence-electron chi connectivity index (χ3n) is 5.55. The summed E-state index contributed by atoms with van der Waals surface area (Å²) in [5.41, 5.74) is 1.81. The summed E-state index contributed by atoms with van der Waals surface area (Å²) in [6, 6.07) is 0.316. The van der Waals surface area contributed by atoms with Crippen molar-refractivity contribution in [2.24, 2.45) is 5.92 Å². The van der Waals surface area contributed by atoms with Crippen LogP contribution in [-0.4, -0.2) is 63.7 Å². The molecule has 2 aromatic heterocycles. The molecule has 1 N–H and O–H groups in total. The van der Waals surface area contributed by atoms with Gasteiger partial charge < -0.3 is 19.4 Å². The van der Waals surface area contributed by atoms with Crippen molar-refractivity contribution in [1.29, 1.82) is 0 Å². The summed E-state index contributed by atoms with van der Waals surface area (Å²) in [5, 5.41) is 0. The molecule has 1 saturated heterocycles. The largest absolute Gasteiger partial charge is 0.469 e. The van der Waals surface area contributed by atoms with Crippen LogP contribution in [0.15, 0.2) is 4.79 Å². The van der Waals surface area contributed by atoms with Crippen molar-refractivity contribution in [3.8, 4) is 6.01 Å². The predicted octanol–water partition coefficient (Wildman–Crippen LogP) is 1.88. The maximum atomic E-state index is 12.5. The predicted molar refractivity (Wildman–Crippen MR) is 109 cm³/mol. The normalized spacial score (nSPS) is 15.7. The van der Waals surface area contributed by atoms with Crippen molar-refractivity contribution in [3.63, 3.8) is 0 Å². The Kier molecular flexibility index (Phi) is 7.24. The summed E-state index contributed by atoms with van der Waals surface area (Å²) in [6.07, 6.45) is 4.38. The third kappa shape index (κ3) is 5.35. The number of fused-ring (bicyclic) bond motifs is 1. The lowest BCUT2D eigenvalue weighted by Gasteiger charge is -2.31. The molecule has 0 bridgehead atoms. The number of piperidine rings is 1. The Morgan fingerprint density at radius 3 is 2.69 bits per heavy atom. The molecule has 0 aliphatic carbocycles. The summed E-state index contributed by atoms with van der Waals surface area (Å²) in [5.74, 6) is 0.431. The van der Waals surface area contributed by atoms with Crippen LogP contribution in [-0.2, 0) is 16.1 Å². The van der Waals surface area contributed by atoms with Crippen molar-refractivity contribution in [2.75, 3.05) is 33.4 Å². The van der Waals surface area contributed by atoms with Crippen LogP contribution in [0.5, 0.6) is 6.01 Å². The minimum Gasteiger partial charge on any atom is -0.469 e. The number of aromatic nitrogens is 4. The molecule has 1 fully saturated rings. The second-order valence-electron chi connectivity index (χ2n) is 7.62. The van der Waals surface area contributed by atoms with Crippen molar-refractivity contribution < 1.29 is 14.3 Å². The van der Waals surface area contributed by atoms with E-state index in [1.54, 1.807) is 4.57 Å². The molecule has 1 aliphatic heterocycles. The number of H-pyrrole nitrogens is 1. The van der Waals surface area contributed by atoms with E-state index in [1.807, 2.05) is 13.8 Å². The van der Waals surface area contributed by atoms with Crippen molar-refractivity contribution >= 4 is 17.1 Å². The number of carbonyl (C=O) groups excluding carboxylic acids is 1. The van der Waals surface area contributed by atoms with Gasteiger partial charge in [0, 0.05) is 19.5 Å². The molecule has 0 atom stereocenters. The smallest absolute Gasteiger partial charge is 0.327 e. The van der Waals surface area contributed by atoms with E-state index in [0.29, 0.717) is 48.4 Å². The standard InChI is InChI=1S/C20H31N5O4/c1-4-13-29-19-21-14(2)17-18(23-19)25(20(27)22-17)12-11-24-9-7-15(8-10-24)5-6-16(26)28-3/h15H,4-13H2,1-3H3,(H,22,27). The third-order valence-corrected chi connectivity index (χ3v) is 5.55. The van der Waals surface area contributed by atoms with Crippen molar-refractivity contribution in [1.82, 2.24) is 24.4 Å². The molecule has 3 heterocycles. The molecule has 0 unspecified atom stereocenters. The summed E-state index contributed by atoms with van der Waals surface area (Å²) in [7, 11) is 1.43. The van der Waals surface area contributed by atoms with Gasteiger partial charge in [0.1, 0.15) is 5.52 Å². The quantitative estimate of drug-likeness (QED) is 0.636. The number of ether oxygens (including phenoxy) is 2. The summed E-state index contributed by atoms with van der Waals surface area (Å²) in [4.78, 5) is 37.8. The average Bonchev–Trinajstić information content (AvgIpc) is 3.05. The highest BCUT2D eigenvalue weighted by atomic mass is 16.5. The molecule has 2 aromatic rings. The van der Waals surface area contributed by atoms with E-state index < -0.39 is 0 Å². The van der Waals surface area contributed by atoms with Gasteiger partial charge in [0.2, 0.25) is 0 Å². The minimum absolute atomic E-state index is 0.134. The molecule has 29 heavy (non-hydrogen) atoms. The van der Waals surface area contributed by atoms with Crippen LogP contribution in [0.4, 0.5) is 0 Å². The van der Waals surface area contributed by atoms with Gasteiger partial charge in [-0.3, -0.25) is 9.36 Å². The zero-order valence-electron chi connectivity index (χ0n) is 17.6. The van der Waals surface area contributed by atoms with Crippen LogP contribution in [0, 0.1) is 12.8 Å². The Morgan fingerprint density at radius 2 is 2.00 bits per heavy atom. The number of nitrogens with zero attached hydrogens (tertiary/aromatic N) is 4. The van der Waals surface area contributed by atoms with Gasteiger partial charge in [-0.1, -0.05) is 6.92 Å². The second kappa shape index (κ2) is 9.87. The van der Waals surface area contributed by atoms with Crippen LogP contribution >= 0.6 is 0 Å². The number of aryl methyl sites for hydroxylation is 1. The van der Waals surface area contributed by atoms with E-state index in [9.17, 15) is 9.59 Å². The maximum absolute atomic E-state index is 12.5. The molecule has 0 radical (unpaired) electrons. The fourth-order valence-electron chi connectivity index (χ4n) is 3.77. The Hall–Kier alpha value is -2.42. The van der Waals surface area contributed by atoms with Gasteiger partial charge in [-0.05, 0) is 51.6 Å². The fourth-order valence-corrected chi connectivity index (χ4v) is 3.77. The first-order valence-corrected chi connectivity index (χ1v) is 10.4. The van der Waals surface area contributed by atoms with Crippen LogP contribution in [0.2, 0.25) is 0 Å². The lowest BCUT2D eigenvalue weighted by molar-refractivity contribution is -0.141. The summed E-state index contributed by atoms with van der Waals surface area (Å²) >= 11 is 0. The van der Waals surface area contributed by atoms with Gasteiger partial charge in [0.25, 0.3) is 0 Å². The molecule has 160 valence electrons. The van der Waals surface area contributed by atoms with Crippen molar-refractivity contribution in [2.45, 2.75) is 52.5 Å². The van der Waals surface area contributed by atoms with E-state index in [2.05, 4.69) is 19.9 Å². The van der Waals surface area contributed by atoms with E-state index in [1.165, 1.54) is 7.11 Å². The monoisotopic (exact) mass is 405 g/mol. The number of likely N-dealkylation sites (tertiary alicyclic amines) is 1. The van der Waals surface area contributed by atoms with Gasteiger partial charge in [-0.15, -0.1) is 0 Å². The zero-order chi connectivity index (χ0) is 20.8. The lowest BCUT2D eigenvalue weighted by atomic mass is 9.92. The molecule has 1 aliphatic rings. The van der Waals surface area contributed by atoms with Crippen LogP contribution in [0.3, 0.4) is 0 Å². The molecule has 9 heteroatoms. The van der Waals surface area contributed by atoms with Gasteiger partial charge in [-0.2, -0.15) is 9.97 Å². The van der Waals surface area contributed by atoms with Crippen LogP contribution in [0.1, 0.15) is 44.7 Å². The lowest BCUT2D eigenvalue weighted by Crippen LogP contribution is -2.37. The van der Waals surface area contributed by atoms with Crippen LogP contribution in [0.25, 0.3) is 11.2 Å². The molecule has 9 nitrogen and oxygen atoms in total. The van der Waals surface area contributed by atoms with Crippen LogP contribution < -0.4 is 10.4 Å². The molecule has 0 aromatic carbocycles. The number of aromatic amines is 1. The highest BCUT2D eigenvalue weighted by Gasteiger charge is 2.21. The topological polar surface area (TPSA) is 102 Å². The Bertz CT molecular complexity index is 883. The molecule has 0 spiro atoms. The first-order chi connectivity index (χ1) is 14.0. The first kappa shape index (κ1) is 21.3. The molecular formula is C20H31N5O4. The highest BCUT2D eigenvalue weighted by molar-refractivity contribution is 5.73. The second-order valence-corrected chi connectivity index (χ2v) is 7.62. The maximum Gasteiger partial charge on any atom is 0.327 e. The Labute approximate surface area is 170 Å². The number of methoxy groups -OCH3 is 1. The highest BCUT2D eigenvalue weighted by Crippen LogP contribution is 2.22. The van der Waals surface area contributed by atoms with Gasteiger partial charge in [-0.25, -0.2) is 4.79 Å². The number of imidazole rings is 1. The number of rotatable bonds is 9. The Morgan fingerprint density at radius 1 is 1.24 bits per heavy atom. The molecule has 0 saturated carbocycles. The summed E-state index contributed by atoms with van der Waals surface area (Å²) < 4.78 is 12.0. The Balaban J connectivity index is 1.59. The van der Waals surface area contributed by atoms with Crippen molar-refractivity contribution in [3.05, 3.63) is 16.2 Å². The van der Waals surface area contributed by atoms with Gasteiger partial charge >= 0.3 is 17.7 Å². The van der Waals surface area contributed by atoms with E-state index >= 15 is 0 Å². The number of hydrogen-bond acceptors (Lipinski definition) is 7. The first-order valence-electron chi connectivity index (χ1n) is 10.4. The number of nitrogens with one attached hydrogen (secondary N) is 1. The average molecular weight is 405 g/mol. The van der Waals surface area contributed by atoms with Gasteiger partial charge in [0.15, 0.2) is 5.65 Å². The van der Waals surface area contributed by atoms with E-state index in [0.717, 1.165) is 45.3 Å². The van der Waals surface area contributed by atoms with E-state index in [4.69, 9.17) is 9.47 Å². The minimum atomic E-state index is -0.169. The molecular weight excluding hydrogens is 374 g/mol.